The Morgan fingerprint density at radius 3 is 1.96 bits per heavy atom. The molecule has 5 heteroatoms. The standard InChI is InChI=1S/C22H30F4O.CH4.2H2/c1-15-2-4-16(5-3-15)6-7-17-8-10-18(11-9-17)19-12-13-21(20(23)14-19)27-22(24,25)26;;;/h12-18H,2-11H2,1H3;1H4;2*1H. The summed E-state index contributed by atoms with van der Waals surface area (Å²) >= 11 is 0. The average Bonchev–Trinajstić information content (AvgIpc) is 2.62. The van der Waals surface area contributed by atoms with E-state index >= 15 is 0 Å². The van der Waals surface area contributed by atoms with Crippen molar-refractivity contribution < 1.29 is 25.2 Å². The van der Waals surface area contributed by atoms with Crippen molar-refractivity contribution in [3.05, 3.63) is 29.6 Å². The van der Waals surface area contributed by atoms with Crippen LogP contribution in [0.3, 0.4) is 0 Å². The third kappa shape index (κ3) is 6.66. The van der Waals surface area contributed by atoms with Gasteiger partial charge in [-0.15, -0.1) is 13.2 Å². The fourth-order valence-electron chi connectivity index (χ4n) is 4.85. The molecule has 0 heterocycles. The summed E-state index contributed by atoms with van der Waals surface area (Å²) in [6, 6.07) is 3.90. The first-order valence-corrected chi connectivity index (χ1v) is 10.4. The molecule has 0 spiro atoms. The lowest BCUT2D eigenvalue weighted by molar-refractivity contribution is -0.275. The molecule has 3 rings (SSSR count). The highest BCUT2D eigenvalue weighted by atomic mass is 19.4. The maximum absolute atomic E-state index is 13.9. The van der Waals surface area contributed by atoms with Crippen molar-refractivity contribution in [3.63, 3.8) is 0 Å². The largest absolute Gasteiger partial charge is 0.573 e. The lowest BCUT2D eigenvalue weighted by Gasteiger charge is -2.31. The Bertz CT molecular complexity index is 608. The summed E-state index contributed by atoms with van der Waals surface area (Å²) in [6.07, 6.45) is 7.51. The highest BCUT2D eigenvalue weighted by Gasteiger charge is 2.33. The van der Waals surface area contributed by atoms with E-state index < -0.39 is 17.9 Å². The number of alkyl halides is 3. The van der Waals surface area contributed by atoms with Crippen molar-refractivity contribution in [2.75, 3.05) is 0 Å². The van der Waals surface area contributed by atoms with Crippen molar-refractivity contribution in [3.8, 4) is 5.75 Å². The molecule has 0 N–H and O–H groups in total. The molecule has 0 saturated heterocycles. The monoisotopic (exact) mass is 406 g/mol. The first-order valence-electron chi connectivity index (χ1n) is 10.4. The third-order valence-electron chi connectivity index (χ3n) is 6.62. The van der Waals surface area contributed by atoms with Crippen LogP contribution in [-0.2, 0) is 0 Å². The Balaban J connectivity index is 0.00000280. The van der Waals surface area contributed by atoms with Crippen LogP contribution < -0.4 is 4.74 Å². The van der Waals surface area contributed by atoms with Crippen LogP contribution in [0.2, 0.25) is 0 Å². The van der Waals surface area contributed by atoms with Crippen LogP contribution >= 0.6 is 0 Å². The fraction of sp³-hybridized carbons (Fsp3) is 0.739. The molecule has 0 amide bonds. The maximum Gasteiger partial charge on any atom is 0.573 e. The summed E-state index contributed by atoms with van der Waals surface area (Å²) in [5.74, 6) is 1.10. The summed E-state index contributed by atoms with van der Waals surface area (Å²) in [4.78, 5) is 0. The van der Waals surface area contributed by atoms with Crippen molar-refractivity contribution in [2.45, 2.75) is 90.8 Å². The fourth-order valence-corrected chi connectivity index (χ4v) is 4.85. The Kier molecular flexibility index (Phi) is 8.20. The maximum atomic E-state index is 13.9. The van der Waals surface area contributed by atoms with Gasteiger partial charge in [0.05, 0.1) is 0 Å². The number of rotatable bonds is 5. The molecule has 2 aliphatic rings. The molecule has 2 aliphatic carbocycles. The van der Waals surface area contributed by atoms with Crippen LogP contribution in [0.1, 0.15) is 92.9 Å². The Morgan fingerprint density at radius 1 is 0.929 bits per heavy atom. The number of hydrogen-bond donors (Lipinski definition) is 0. The topological polar surface area (TPSA) is 9.23 Å². The Labute approximate surface area is 169 Å². The minimum absolute atomic E-state index is 0. The van der Waals surface area contributed by atoms with Gasteiger partial charge >= 0.3 is 6.36 Å². The number of ether oxygens (including phenoxy) is 1. The minimum Gasteiger partial charge on any atom is -0.403 e. The van der Waals surface area contributed by atoms with Crippen molar-refractivity contribution in [1.29, 1.82) is 0 Å². The molecule has 0 aromatic heterocycles. The van der Waals surface area contributed by atoms with Crippen LogP contribution in [0.4, 0.5) is 17.6 Å². The predicted molar refractivity (Wildman–Crippen MR) is 109 cm³/mol. The average molecular weight is 407 g/mol. The van der Waals surface area contributed by atoms with E-state index in [4.69, 9.17) is 0 Å². The van der Waals surface area contributed by atoms with Crippen molar-refractivity contribution >= 4 is 0 Å². The van der Waals surface area contributed by atoms with Gasteiger partial charge in [-0.3, -0.25) is 0 Å². The van der Waals surface area contributed by atoms with Gasteiger partial charge in [0.1, 0.15) is 0 Å². The zero-order chi connectivity index (χ0) is 19.4. The van der Waals surface area contributed by atoms with Gasteiger partial charge in [-0.2, -0.15) is 0 Å². The molecule has 2 saturated carbocycles. The lowest BCUT2D eigenvalue weighted by atomic mass is 9.74. The predicted octanol–water partition coefficient (Wildman–Crippen LogP) is 8.73. The highest BCUT2D eigenvalue weighted by Crippen LogP contribution is 2.40. The molecule has 164 valence electrons. The highest BCUT2D eigenvalue weighted by molar-refractivity contribution is 5.31. The third-order valence-corrected chi connectivity index (χ3v) is 6.62. The van der Waals surface area contributed by atoms with Gasteiger partial charge in [0.15, 0.2) is 11.6 Å². The molecular formula is C23H38F4O. The van der Waals surface area contributed by atoms with Crippen LogP contribution in [-0.4, -0.2) is 6.36 Å². The quantitative estimate of drug-likeness (QED) is 0.444. The van der Waals surface area contributed by atoms with Gasteiger partial charge in [-0.25, -0.2) is 4.39 Å². The van der Waals surface area contributed by atoms with Crippen LogP contribution in [0.15, 0.2) is 18.2 Å². The zero-order valence-corrected chi connectivity index (χ0v) is 16.0. The molecule has 1 aromatic carbocycles. The van der Waals surface area contributed by atoms with E-state index in [-0.39, 0.29) is 16.2 Å². The van der Waals surface area contributed by atoms with E-state index in [1.54, 1.807) is 6.07 Å². The first-order chi connectivity index (χ1) is 12.8. The van der Waals surface area contributed by atoms with Gasteiger partial charge in [0, 0.05) is 2.85 Å². The van der Waals surface area contributed by atoms with Crippen molar-refractivity contribution in [1.82, 2.24) is 0 Å². The summed E-state index contributed by atoms with van der Waals surface area (Å²) in [7, 11) is 0. The van der Waals surface area contributed by atoms with Crippen LogP contribution in [0.5, 0.6) is 5.75 Å². The number of benzene rings is 1. The molecule has 0 aliphatic heterocycles. The first kappa shape index (κ1) is 23.0. The van der Waals surface area contributed by atoms with Crippen molar-refractivity contribution in [2.24, 2.45) is 17.8 Å². The van der Waals surface area contributed by atoms with Gasteiger partial charge in [-0.1, -0.05) is 58.9 Å². The van der Waals surface area contributed by atoms with Crippen LogP contribution in [0, 0.1) is 23.6 Å². The van der Waals surface area contributed by atoms with E-state index in [9.17, 15) is 17.6 Å². The SMILES string of the molecule is C.CC1CCC(CCC2CCC(c3ccc(OC(F)(F)F)c(F)c3)CC2)CC1.[HH].[HH]. The molecular weight excluding hydrogens is 368 g/mol. The van der Waals surface area contributed by atoms with Gasteiger partial charge in [0.25, 0.3) is 0 Å². The minimum atomic E-state index is -4.86. The van der Waals surface area contributed by atoms with E-state index in [1.807, 2.05) is 0 Å². The summed E-state index contributed by atoms with van der Waals surface area (Å²) in [6.45, 7) is 2.35. The van der Waals surface area contributed by atoms with E-state index in [2.05, 4.69) is 11.7 Å². The van der Waals surface area contributed by atoms with Gasteiger partial charge in [0.2, 0.25) is 0 Å². The summed E-state index contributed by atoms with van der Waals surface area (Å²) in [5.41, 5.74) is 0.793. The Morgan fingerprint density at radius 2 is 1.46 bits per heavy atom. The van der Waals surface area contributed by atoms with E-state index in [0.717, 1.165) is 55.1 Å². The molecule has 2 fully saturated rings. The molecule has 0 radical (unpaired) electrons. The second kappa shape index (κ2) is 9.98. The second-order valence-corrected chi connectivity index (χ2v) is 8.66. The number of hydrogen-bond acceptors (Lipinski definition) is 1. The molecule has 1 nitrogen and oxygen atoms in total. The summed E-state index contributed by atoms with van der Waals surface area (Å²) < 4.78 is 54.4. The molecule has 1 aromatic rings. The summed E-state index contributed by atoms with van der Waals surface area (Å²) in [5, 5.41) is 0. The second-order valence-electron chi connectivity index (χ2n) is 8.66. The lowest BCUT2D eigenvalue weighted by Crippen LogP contribution is -2.18. The van der Waals surface area contributed by atoms with E-state index in [0.29, 0.717) is 0 Å². The Hall–Kier alpha value is -1.26. The van der Waals surface area contributed by atoms with Gasteiger partial charge < -0.3 is 4.74 Å². The zero-order valence-electron chi connectivity index (χ0n) is 16.0. The smallest absolute Gasteiger partial charge is 0.403 e. The molecule has 0 atom stereocenters. The normalized spacial score (nSPS) is 28.5. The van der Waals surface area contributed by atoms with E-state index in [1.165, 1.54) is 44.6 Å². The van der Waals surface area contributed by atoms with Gasteiger partial charge in [-0.05, 0) is 67.1 Å². The number of halogens is 4. The molecule has 0 bridgehead atoms. The molecule has 28 heavy (non-hydrogen) atoms. The van der Waals surface area contributed by atoms with Crippen LogP contribution in [0.25, 0.3) is 0 Å². The molecule has 0 unspecified atom stereocenters.